The molecule has 0 radical (unpaired) electrons. The zero-order valence-corrected chi connectivity index (χ0v) is 10.0. The van der Waals surface area contributed by atoms with E-state index in [1.165, 1.54) is 31.2 Å². The minimum Gasteiger partial charge on any atom is -0.481 e. The lowest BCUT2D eigenvalue weighted by molar-refractivity contribution is -0.136. The van der Waals surface area contributed by atoms with E-state index in [2.05, 4.69) is 0 Å². The van der Waals surface area contributed by atoms with Gasteiger partial charge in [0.1, 0.15) is 11.5 Å². The van der Waals surface area contributed by atoms with E-state index >= 15 is 0 Å². The molecule has 0 aliphatic heterocycles. The van der Waals surface area contributed by atoms with Crippen LogP contribution in [0, 0.1) is 0 Å². The lowest BCUT2D eigenvalue weighted by atomic mass is 10.2. The van der Waals surface area contributed by atoms with Gasteiger partial charge in [-0.15, -0.1) is 0 Å². The lowest BCUT2D eigenvalue weighted by Crippen LogP contribution is -2.13. The SMILES string of the molecule is CC(=O)CS(=O)(=O)c1ccc(CC(=O)O)cc1. The fourth-order valence-corrected chi connectivity index (χ4v) is 2.59. The third-order valence-electron chi connectivity index (χ3n) is 2.03. The number of carbonyl (C=O) groups excluding carboxylic acids is 1. The van der Waals surface area contributed by atoms with Gasteiger partial charge in [-0.2, -0.15) is 0 Å². The summed E-state index contributed by atoms with van der Waals surface area (Å²) >= 11 is 0. The van der Waals surface area contributed by atoms with Crippen LogP contribution in [0.15, 0.2) is 29.2 Å². The Morgan fingerprint density at radius 1 is 1.18 bits per heavy atom. The summed E-state index contributed by atoms with van der Waals surface area (Å²) in [5.74, 6) is -1.95. The van der Waals surface area contributed by atoms with Gasteiger partial charge in [-0.05, 0) is 24.6 Å². The Balaban J connectivity index is 2.94. The fraction of sp³-hybridized carbons (Fsp3) is 0.273. The van der Waals surface area contributed by atoms with Crippen LogP contribution < -0.4 is 0 Å². The van der Waals surface area contributed by atoms with Crippen molar-refractivity contribution in [2.24, 2.45) is 0 Å². The topological polar surface area (TPSA) is 88.5 Å². The third-order valence-corrected chi connectivity index (χ3v) is 3.81. The second-order valence-corrected chi connectivity index (χ2v) is 5.67. The quantitative estimate of drug-likeness (QED) is 0.836. The largest absolute Gasteiger partial charge is 0.481 e. The Morgan fingerprint density at radius 3 is 2.12 bits per heavy atom. The number of ketones is 1. The number of carboxylic acid groups (broad SMARTS) is 1. The number of benzene rings is 1. The van der Waals surface area contributed by atoms with Crippen LogP contribution in [0.3, 0.4) is 0 Å². The van der Waals surface area contributed by atoms with E-state index in [0.29, 0.717) is 5.56 Å². The lowest BCUT2D eigenvalue weighted by Gasteiger charge is -2.03. The smallest absolute Gasteiger partial charge is 0.307 e. The number of carbonyl (C=O) groups is 2. The van der Waals surface area contributed by atoms with Crippen molar-refractivity contribution in [2.75, 3.05) is 5.75 Å². The van der Waals surface area contributed by atoms with E-state index in [9.17, 15) is 18.0 Å². The van der Waals surface area contributed by atoms with Gasteiger partial charge in [0.25, 0.3) is 0 Å². The molecule has 92 valence electrons. The first-order valence-electron chi connectivity index (χ1n) is 4.84. The van der Waals surface area contributed by atoms with Gasteiger partial charge < -0.3 is 5.11 Å². The summed E-state index contributed by atoms with van der Waals surface area (Å²) in [6.07, 6.45) is -0.160. The summed E-state index contributed by atoms with van der Waals surface area (Å²) in [6.45, 7) is 1.20. The van der Waals surface area contributed by atoms with Crippen LogP contribution in [0.25, 0.3) is 0 Å². The van der Waals surface area contributed by atoms with E-state index in [-0.39, 0.29) is 11.3 Å². The number of rotatable bonds is 5. The van der Waals surface area contributed by atoms with E-state index in [1.54, 1.807) is 0 Å². The number of sulfone groups is 1. The average Bonchev–Trinajstić information content (AvgIpc) is 2.15. The molecule has 0 fully saturated rings. The molecule has 0 unspecified atom stereocenters. The molecule has 0 bridgehead atoms. The number of Topliss-reactive ketones (excluding diaryl/α,β-unsaturated/α-hetero) is 1. The molecule has 0 spiro atoms. The van der Waals surface area contributed by atoms with Crippen molar-refractivity contribution in [3.05, 3.63) is 29.8 Å². The molecule has 1 N–H and O–H groups in total. The molecule has 0 saturated carbocycles. The van der Waals surface area contributed by atoms with Gasteiger partial charge in [-0.3, -0.25) is 9.59 Å². The van der Waals surface area contributed by atoms with E-state index in [4.69, 9.17) is 5.11 Å². The van der Waals surface area contributed by atoms with E-state index in [1.807, 2.05) is 0 Å². The standard InChI is InChI=1S/C11H12O5S/c1-8(12)7-17(15,16)10-4-2-9(3-5-10)6-11(13)14/h2-5H,6-7H2,1H3,(H,13,14). The second-order valence-electron chi connectivity index (χ2n) is 3.68. The summed E-state index contributed by atoms with van der Waals surface area (Å²) in [6, 6.07) is 5.50. The van der Waals surface area contributed by atoms with Gasteiger partial charge >= 0.3 is 5.97 Å². The van der Waals surface area contributed by atoms with Gasteiger partial charge in [0, 0.05) is 0 Å². The highest BCUT2D eigenvalue weighted by atomic mass is 32.2. The summed E-state index contributed by atoms with van der Waals surface area (Å²) in [5, 5.41) is 8.55. The van der Waals surface area contributed by atoms with Crippen LogP contribution in [0.2, 0.25) is 0 Å². The number of hydrogen-bond donors (Lipinski definition) is 1. The average molecular weight is 256 g/mol. The van der Waals surface area contributed by atoms with Crippen molar-refractivity contribution in [3.8, 4) is 0 Å². The zero-order valence-electron chi connectivity index (χ0n) is 9.21. The van der Waals surface area contributed by atoms with Gasteiger partial charge in [0.2, 0.25) is 0 Å². The van der Waals surface area contributed by atoms with Crippen LogP contribution >= 0.6 is 0 Å². The van der Waals surface area contributed by atoms with Crippen LogP contribution in [0.4, 0.5) is 0 Å². The molecule has 1 aromatic carbocycles. The van der Waals surface area contributed by atoms with Gasteiger partial charge in [0.15, 0.2) is 9.84 Å². The molecular formula is C11H12O5S. The number of hydrogen-bond acceptors (Lipinski definition) is 4. The minimum absolute atomic E-state index is 0.0295. The minimum atomic E-state index is -3.60. The second kappa shape index (κ2) is 5.09. The highest BCUT2D eigenvalue weighted by Crippen LogP contribution is 2.13. The molecule has 17 heavy (non-hydrogen) atoms. The first-order valence-corrected chi connectivity index (χ1v) is 6.49. The molecule has 1 aromatic rings. The molecule has 0 heterocycles. The van der Waals surface area contributed by atoms with Crippen LogP contribution in [0.1, 0.15) is 12.5 Å². The predicted octanol–water partition coefficient (Wildman–Crippen LogP) is 0.676. The maximum absolute atomic E-state index is 11.6. The van der Waals surface area contributed by atoms with E-state index < -0.39 is 27.3 Å². The Bertz CT molecular complexity index is 527. The molecule has 0 atom stereocenters. The Labute approximate surface area is 99.0 Å². The van der Waals surface area contributed by atoms with E-state index in [0.717, 1.165) is 0 Å². The first-order chi connectivity index (χ1) is 7.81. The van der Waals surface area contributed by atoms with Crippen LogP contribution in [-0.4, -0.2) is 31.0 Å². The first kappa shape index (κ1) is 13.4. The Kier molecular flexibility index (Phi) is 4.01. The summed E-state index contributed by atoms with van der Waals surface area (Å²) < 4.78 is 23.3. The molecule has 0 saturated heterocycles. The third kappa shape index (κ3) is 3.99. The molecular weight excluding hydrogens is 244 g/mol. The number of carboxylic acids is 1. The predicted molar refractivity (Wildman–Crippen MR) is 60.5 cm³/mol. The van der Waals surface area contributed by atoms with Crippen molar-refractivity contribution < 1.29 is 23.1 Å². The van der Waals surface area contributed by atoms with Gasteiger partial charge in [-0.1, -0.05) is 12.1 Å². The van der Waals surface area contributed by atoms with Crippen molar-refractivity contribution in [1.82, 2.24) is 0 Å². The Hall–Kier alpha value is -1.69. The molecule has 0 aliphatic rings. The summed E-state index contributed by atoms with van der Waals surface area (Å²) in [7, 11) is -3.60. The molecule has 0 amide bonds. The molecule has 0 aliphatic carbocycles. The summed E-state index contributed by atoms with van der Waals surface area (Å²) in [5.41, 5.74) is 0.513. The molecule has 5 nitrogen and oxygen atoms in total. The van der Waals surface area contributed by atoms with Crippen molar-refractivity contribution in [2.45, 2.75) is 18.2 Å². The molecule has 0 aromatic heterocycles. The van der Waals surface area contributed by atoms with Gasteiger partial charge in [-0.25, -0.2) is 8.42 Å². The van der Waals surface area contributed by atoms with Crippen molar-refractivity contribution >= 4 is 21.6 Å². The van der Waals surface area contributed by atoms with Crippen molar-refractivity contribution in [1.29, 1.82) is 0 Å². The summed E-state index contributed by atoms with van der Waals surface area (Å²) in [4.78, 5) is 21.3. The molecule has 1 rings (SSSR count). The van der Waals surface area contributed by atoms with Gasteiger partial charge in [0.05, 0.1) is 11.3 Å². The Morgan fingerprint density at radius 2 is 1.71 bits per heavy atom. The highest BCUT2D eigenvalue weighted by molar-refractivity contribution is 7.92. The maximum Gasteiger partial charge on any atom is 0.307 e. The van der Waals surface area contributed by atoms with Crippen molar-refractivity contribution in [3.63, 3.8) is 0 Å². The zero-order chi connectivity index (χ0) is 13.1. The molecule has 6 heteroatoms. The van der Waals surface area contributed by atoms with Crippen LogP contribution in [-0.2, 0) is 25.8 Å². The normalized spacial score (nSPS) is 11.1. The van der Waals surface area contributed by atoms with Crippen LogP contribution in [0.5, 0.6) is 0 Å². The monoisotopic (exact) mass is 256 g/mol. The fourth-order valence-electron chi connectivity index (χ4n) is 1.34. The number of aliphatic carboxylic acids is 1. The highest BCUT2D eigenvalue weighted by Gasteiger charge is 2.16. The maximum atomic E-state index is 11.6.